The van der Waals surface area contributed by atoms with Crippen LogP contribution in [0, 0.1) is 6.92 Å². The fourth-order valence-corrected chi connectivity index (χ4v) is 4.03. The molecule has 7 nitrogen and oxygen atoms in total. The van der Waals surface area contributed by atoms with E-state index in [4.69, 9.17) is 14.1 Å². The molecule has 31 heavy (non-hydrogen) atoms. The number of aromatic nitrogens is 1. The largest absolute Gasteiger partial charge is 0.469 e. The van der Waals surface area contributed by atoms with Crippen LogP contribution in [0.3, 0.4) is 0 Å². The average Bonchev–Trinajstić information content (AvgIpc) is 3.45. The van der Waals surface area contributed by atoms with Crippen LogP contribution in [0.4, 0.5) is 0 Å². The lowest BCUT2D eigenvalue weighted by Crippen LogP contribution is -2.41. The molecule has 0 saturated carbocycles. The third-order valence-electron chi connectivity index (χ3n) is 5.72. The van der Waals surface area contributed by atoms with Gasteiger partial charge in [-0.3, -0.25) is 9.89 Å². The van der Waals surface area contributed by atoms with E-state index < -0.39 is 0 Å². The molecule has 0 aliphatic carbocycles. The summed E-state index contributed by atoms with van der Waals surface area (Å²) in [6.07, 6.45) is 5.61. The molecule has 0 unspecified atom stereocenters. The number of fused-ring (bicyclic) bond motifs is 1. The van der Waals surface area contributed by atoms with E-state index in [2.05, 4.69) is 51.8 Å². The first-order chi connectivity index (χ1) is 15.3. The number of aryl methyl sites for hydroxylation is 1. The second-order valence-electron chi connectivity index (χ2n) is 7.93. The number of nitrogens with one attached hydrogen (secondary N) is 3. The highest BCUT2D eigenvalue weighted by Crippen LogP contribution is 2.22. The van der Waals surface area contributed by atoms with Crippen LogP contribution in [0.1, 0.15) is 16.9 Å². The SMILES string of the molecule is Cc1cccc2[nH]cc(CCNC(=NCCN3CCOCC3)NCCc3ccco3)c12. The maximum atomic E-state index is 5.44. The van der Waals surface area contributed by atoms with Crippen molar-refractivity contribution in [3.63, 3.8) is 0 Å². The summed E-state index contributed by atoms with van der Waals surface area (Å²) in [6.45, 7) is 9.11. The minimum atomic E-state index is 0.766. The Morgan fingerprint density at radius 1 is 1.10 bits per heavy atom. The van der Waals surface area contributed by atoms with Gasteiger partial charge in [0.25, 0.3) is 0 Å². The first-order valence-corrected chi connectivity index (χ1v) is 11.2. The van der Waals surface area contributed by atoms with Crippen LogP contribution in [-0.4, -0.2) is 68.3 Å². The number of aliphatic imine (C=N–C) groups is 1. The highest BCUT2D eigenvalue weighted by Gasteiger charge is 2.10. The van der Waals surface area contributed by atoms with Crippen molar-refractivity contribution in [3.05, 3.63) is 59.7 Å². The predicted molar refractivity (Wildman–Crippen MR) is 125 cm³/mol. The highest BCUT2D eigenvalue weighted by atomic mass is 16.5. The fourth-order valence-electron chi connectivity index (χ4n) is 4.03. The summed E-state index contributed by atoms with van der Waals surface area (Å²) >= 11 is 0. The molecule has 1 aliphatic rings. The first kappa shape index (κ1) is 21.5. The summed E-state index contributed by atoms with van der Waals surface area (Å²) in [6, 6.07) is 10.3. The van der Waals surface area contributed by atoms with Crippen LogP contribution in [0.2, 0.25) is 0 Å². The van der Waals surface area contributed by atoms with E-state index in [-0.39, 0.29) is 0 Å². The zero-order valence-corrected chi connectivity index (χ0v) is 18.3. The Kier molecular flexibility index (Phi) is 7.63. The Labute approximate surface area is 183 Å². The van der Waals surface area contributed by atoms with Crippen molar-refractivity contribution in [2.24, 2.45) is 4.99 Å². The molecule has 0 radical (unpaired) electrons. The number of aromatic amines is 1. The summed E-state index contributed by atoms with van der Waals surface area (Å²) in [5.41, 5.74) is 3.85. The van der Waals surface area contributed by atoms with Crippen molar-refractivity contribution in [1.29, 1.82) is 0 Å². The zero-order valence-electron chi connectivity index (χ0n) is 18.3. The summed E-state index contributed by atoms with van der Waals surface area (Å²) in [5, 5.41) is 8.30. The van der Waals surface area contributed by atoms with Gasteiger partial charge in [0, 0.05) is 56.2 Å². The molecule has 166 valence electrons. The van der Waals surface area contributed by atoms with Gasteiger partial charge in [0.05, 0.1) is 26.0 Å². The topological polar surface area (TPSA) is 77.8 Å². The van der Waals surface area contributed by atoms with Gasteiger partial charge in [0.2, 0.25) is 0 Å². The molecule has 2 aromatic heterocycles. The second-order valence-corrected chi connectivity index (χ2v) is 7.93. The fraction of sp³-hybridized carbons (Fsp3) is 0.458. The van der Waals surface area contributed by atoms with Gasteiger partial charge in [-0.1, -0.05) is 12.1 Å². The number of guanidine groups is 1. The van der Waals surface area contributed by atoms with Gasteiger partial charge in [-0.2, -0.15) is 0 Å². The number of furan rings is 1. The van der Waals surface area contributed by atoms with Gasteiger partial charge in [-0.25, -0.2) is 0 Å². The van der Waals surface area contributed by atoms with E-state index in [9.17, 15) is 0 Å². The smallest absolute Gasteiger partial charge is 0.191 e. The molecule has 1 saturated heterocycles. The Morgan fingerprint density at radius 3 is 2.74 bits per heavy atom. The van der Waals surface area contributed by atoms with Crippen molar-refractivity contribution < 1.29 is 9.15 Å². The quantitative estimate of drug-likeness (QED) is 0.364. The number of hydrogen-bond donors (Lipinski definition) is 3. The zero-order chi connectivity index (χ0) is 21.3. The molecule has 0 amide bonds. The first-order valence-electron chi connectivity index (χ1n) is 11.2. The number of benzene rings is 1. The number of H-pyrrole nitrogens is 1. The van der Waals surface area contributed by atoms with Crippen molar-refractivity contribution in [3.8, 4) is 0 Å². The van der Waals surface area contributed by atoms with Crippen LogP contribution >= 0.6 is 0 Å². The molecule has 3 heterocycles. The van der Waals surface area contributed by atoms with E-state index in [1.807, 2.05) is 12.1 Å². The lowest BCUT2D eigenvalue weighted by Gasteiger charge is -2.25. The monoisotopic (exact) mass is 423 g/mol. The molecule has 0 bridgehead atoms. The molecular weight excluding hydrogens is 390 g/mol. The van der Waals surface area contributed by atoms with Crippen LogP contribution < -0.4 is 10.6 Å². The molecule has 1 fully saturated rings. The van der Waals surface area contributed by atoms with Crippen molar-refractivity contribution in [2.45, 2.75) is 19.8 Å². The molecule has 1 aliphatic heterocycles. The third-order valence-corrected chi connectivity index (χ3v) is 5.72. The van der Waals surface area contributed by atoms with Gasteiger partial charge in [-0.05, 0) is 42.7 Å². The minimum Gasteiger partial charge on any atom is -0.469 e. The van der Waals surface area contributed by atoms with E-state index in [1.165, 1.54) is 22.0 Å². The van der Waals surface area contributed by atoms with Gasteiger partial charge in [-0.15, -0.1) is 0 Å². The van der Waals surface area contributed by atoms with Crippen LogP contribution in [0.15, 0.2) is 52.2 Å². The van der Waals surface area contributed by atoms with Gasteiger partial charge in [0.1, 0.15) is 5.76 Å². The molecule has 7 heteroatoms. The lowest BCUT2D eigenvalue weighted by molar-refractivity contribution is 0.0394. The maximum Gasteiger partial charge on any atom is 0.191 e. The molecule has 4 rings (SSSR count). The Bertz CT molecular complexity index is 958. The second kappa shape index (κ2) is 11.0. The molecule has 3 N–H and O–H groups in total. The Hall–Kier alpha value is -2.77. The number of rotatable bonds is 9. The number of hydrogen-bond acceptors (Lipinski definition) is 4. The summed E-state index contributed by atoms with van der Waals surface area (Å²) in [7, 11) is 0. The molecule has 3 aromatic rings. The van der Waals surface area contributed by atoms with Gasteiger partial charge >= 0.3 is 0 Å². The van der Waals surface area contributed by atoms with Crippen molar-refractivity contribution in [1.82, 2.24) is 20.5 Å². The van der Waals surface area contributed by atoms with Crippen molar-refractivity contribution >= 4 is 16.9 Å². The third kappa shape index (κ3) is 6.12. The highest BCUT2D eigenvalue weighted by molar-refractivity contribution is 5.86. The minimum absolute atomic E-state index is 0.766. The standard InChI is InChI=1S/C24H33N5O2/c1-19-4-2-6-22-23(19)20(18-28-22)7-9-25-24(26-10-8-21-5-3-15-31-21)27-11-12-29-13-16-30-17-14-29/h2-6,15,18,28H,7-14,16-17H2,1H3,(H2,25,26,27). The van der Waals surface area contributed by atoms with E-state index in [1.54, 1.807) is 6.26 Å². The Morgan fingerprint density at radius 2 is 1.94 bits per heavy atom. The van der Waals surface area contributed by atoms with Crippen LogP contribution in [0.5, 0.6) is 0 Å². The van der Waals surface area contributed by atoms with E-state index in [0.29, 0.717) is 0 Å². The lowest BCUT2D eigenvalue weighted by atomic mass is 10.1. The summed E-state index contributed by atoms with van der Waals surface area (Å²) < 4.78 is 10.9. The Balaban J connectivity index is 1.31. The molecule has 0 atom stereocenters. The number of morpholine rings is 1. The number of nitrogens with zero attached hydrogens (tertiary/aromatic N) is 2. The van der Waals surface area contributed by atoms with Gasteiger partial charge < -0.3 is 24.8 Å². The van der Waals surface area contributed by atoms with Crippen molar-refractivity contribution in [2.75, 3.05) is 52.5 Å². The molecule has 1 aromatic carbocycles. The summed E-state index contributed by atoms with van der Waals surface area (Å²) in [5.74, 6) is 1.84. The predicted octanol–water partition coefficient (Wildman–Crippen LogP) is 2.72. The summed E-state index contributed by atoms with van der Waals surface area (Å²) in [4.78, 5) is 10.6. The van der Waals surface area contributed by atoms with E-state index in [0.717, 1.165) is 77.0 Å². The van der Waals surface area contributed by atoms with Gasteiger partial charge in [0.15, 0.2) is 5.96 Å². The normalized spacial score (nSPS) is 15.5. The molecular formula is C24H33N5O2. The van der Waals surface area contributed by atoms with Crippen LogP contribution in [0.25, 0.3) is 10.9 Å². The van der Waals surface area contributed by atoms with Crippen LogP contribution in [-0.2, 0) is 17.6 Å². The maximum absolute atomic E-state index is 5.44. The average molecular weight is 424 g/mol. The number of ether oxygens (including phenoxy) is 1. The van der Waals surface area contributed by atoms with E-state index >= 15 is 0 Å². The molecule has 0 spiro atoms.